The van der Waals surface area contributed by atoms with Gasteiger partial charge in [0.2, 0.25) is 0 Å². The fourth-order valence-electron chi connectivity index (χ4n) is 1.03. The van der Waals surface area contributed by atoms with Gasteiger partial charge in [0.25, 0.3) is 0 Å². The lowest BCUT2D eigenvalue weighted by molar-refractivity contribution is 0.0697. The Kier molecular flexibility index (Phi) is 1.63. The van der Waals surface area contributed by atoms with E-state index in [0.29, 0.717) is 5.52 Å². The predicted molar refractivity (Wildman–Crippen MR) is 44.3 cm³/mol. The lowest BCUT2D eigenvalue weighted by atomic mass is 10.2. The molecule has 2 aromatic rings. The molecule has 0 unspecified atom stereocenters. The molecule has 0 aliphatic carbocycles. The summed E-state index contributed by atoms with van der Waals surface area (Å²) >= 11 is 0. The molecule has 13 heavy (non-hydrogen) atoms. The summed E-state index contributed by atoms with van der Waals surface area (Å²) in [6, 6.07) is 4.63. The van der Waals surface area contributed by atoms with Crippen molar-refractivity contribution in [1.29, 1.82) is 0 Å². The van der Waals surface area contributed by atoms with Crippen molar-refractivity contribution in [2.24, 2.45) is 0 Å². The summed E-state index contributed by atoms with van der Waals surface area (Å²) in [6.45, 7) is 0. The van der Waals surface area contributed by atoms with Gasteiger partial charge in [-0.25, -0.2) is 4.79 Å². The van der Waals surface area contributed by atoms with Crippen LogP contribution >= 0.6 is 0 Å². The fourth-order valence-corrected chi connectivity index (χ4v) is 1.03. The molecule has 0 amide bonds. The number of aromatic nitrogens is 3. The highest BCUT2D eigenvalue weighted by atomic mass is 16.4. The zero-order chi connectivity index (χ0) is 9.26. The Balaban J connectivity index is 2.69. The third-order valence-electron chi connectivity index (χ3n) is 1.68. The van der Waals surface area contributed by atoms with E-state index < -0.39 is 5.97 Å². The normalized spacial score (nSPS) is 10.2. The van der Waals surface area contributed by atoms with Gasteiger partial charge in [-0.1, -0.05) is 6.07 Å². The van der Waals surface area contributed by atoms with Gasteiger partial charge in [-0.15, -0.1) is 10.2 Å². The second-order valence-corrected chi connectivity index (χ2v) is 2.51. The molecule has 1 aromatic carbocycles. The Morgan fingerprint density at radius 2 is 2.23 bits per heavy atom. The number of benzene rings is 1. The van der Waals surface area contributed by atoms with Crippen LogP contribution in [0, 0.1) is 0 Å². The average molecular weight is 175 g/mol. The molecule has 0 saturated heterocycles. The Morgan fingerprint density at radius 1 is 1.38 bits per heavy atom. The second kappa shape index (κ2) is 2.78. The first-order valence-corrected chi connectivity index (χ1v) is 3.59. The van der Waals surface area contributed by atoms with Crippen molar-refractivity contribution in [3.05, 3.63) is 30.0 Å². The minimum Gasteiger partial charge on any atom is -0.478 e. The highest BCUT2D eigenvalue weighted by Crippen LogP contribution is 2.10. The van der Waals surface area contributed by atoms with E-state index in [1.54, 1.807) is 6.07 Å². The highest BCUT2D eigenvalue weighted by molar-refractivity contribution is 5.92. The number of hydrogen-bond donors (Lipinski definition) is 1. The Morgan fingerprint density at radius 3 is 3.00 bits per heavy atom. The van der Waals surface area contributed by atoms with Crippen molar-refractivity contribution in [1.82, 2.24) is 15.4 Å². The molecule has 64 valence electrons. The largest absolute Gasteiger partial charge is 0.478 e. The zero-order valence-electron chi connectivity index (χ0n) is 6.51. The maximum absolute atomic E-state index is 10.6. The summed E-state index contributed by atoms with van der Waals surface area (Å²) in [6.07, 6.45) is 1.54. The molecule has 0 bridgehead atoms. The molecule has 2 rings (SSSR count). The van der Waals surface area contributed by atoms with Crippen molar-refractivity contribution in [3.63, 3.8) is 0 Å². The lowest BCUT2D eigenvalue weighted by Gasteiger charge is -1.95. The monoisotopic (exact) mass is 175 g/mol. The number of aromatic carboxylic acids is 1. The minimum absolute atomic E-state index is 0.202. The van der Waals surface area contributed by atoms with Crippen LogP contribution in [0.5, 0.6) is 0 Å². The van der Waals surface area contributed by atoms with Crippen LogP contribution in [-0.2, 0) is 0 Å². The Labute approximate surface area is 73.0 Å². The van der Waals surface area contributed by atoms with Crippen LogP contribution in [0.25, 0.3) is 10.9 Å². The maximum atomic E-state index is 10.6. The van der Waals surface area contributed by atoms with Gasteiger partial charge in [-0.2, -0.15) is 0 Å². The van der Waals surface area contributed by atoms with Gasteiger partial charge in [0.05, 0.1) is 17.3 Å². The average Bonchev–Trinajstić information content (AvgIpc) is 2.17. The number of carboxylic acids is 1. The summed E-state index contributed by atoms with van der Waals surface area (Å²) in [5.74, 6) is -0.972. The van der Waals surface area contributed by atoms with E-state index in [1.807, 2.05) is 0 Å². The van der Waals surface area contributed by atoms with Gasteiger partial charge in [0.1, 0.15) is 0 Å². The van der Waals surface area contributed by atoms with E-state index in [-0.39, 0.29) is 5.56 Å². The van der Waals surface area contributed by atoms with Gasteiger partial charge in [0, 0.05) is 5.39 Å². The van der Waals surface area contributed by atoms with Crippen molar-refractivity contribution < 1.29 is 9.90 Å². The molecular formula is C8H5N3O2. The number of nitrogens with zero attached hydrogens (tertiary/aromatic N) is 3. The van der Waals surface area contributed by atoms with Crippen LogP contribution in [0.3, 0.4) is 0 Å². The Bertz CT molecular complexity index is 470. The van der Waals surface area contributed by atoms with E-state index in [0.717, 1.165) is 5.39 Å². The van der Waals surface area contributed by atoms with Crippen LogP contribution in [0.1, 0.15) is 10.4 Å². The van der Waals surface area contributed by atoms with Crippen molar-refractivity contribution >= 4 is 16.9 Å². The summed E-state index contributed by atoms with van der Waals surface area (Å²) in [7, 11) is 0. The smallest absolute Gasteiger partial charge is 0.335 e. The zero-order valence-corrected chi connectivity index (χ0v) is 6.51. The summed E-state index contributed by atoms with van der Waals surface area (Å²) in [5.41, 5.74) is 0.739. The van der Waals surface area contributed by atoms with Crippen molar-refractivity contribution in [2.45, 2.75) is 0 Å². The molecule has 5 nitrogen and oxygen atoms in total. The first-order chi connectivity index (χ1) is 6.27. The fraction of sp³-hybridized carbons (Fsp3) is 0. The molecule has 1 N–H and O–H groups in total. The van der Waals surface area contributed by atoms with Crippen LogP contribution in [-0.4, -0.2) is 26.5 Å². The number of rotatable bonds is 1. The molecule has 1 aromatic heterocycles. The van der Waals surface area contributed by atoms with Gasteiger partial charge in [-0.3, -0.25) is 0 Å². The second-order valence-electron chi connectivity index (χ2n) is 2.51. The van der Waals surface area contributed by atoms with Gasteiger partial charge in [0.15, 0.2) is 0 Å². The third kappa shape index (κ3) is 1.31. The molecule has 0 atom stereocenters. The van der Waals surface area contributed by atoms with Crippen molar-refractivity contribution in [3.8, 4) is 0 Å². The first kappa shape index (κ1) is 7.60. The van der Waals surface area contributed by atoms with Crippen molar-refractivity contribution in [2.75, 3.05) is 0 Å². The summed E-state index contributed by atoms with van der Waals surface area (Å²) in [5, 5.41) is 20.2. The predicted octanol–water partition coefficient (Wildman–Crippen LogP) is 0.723. The molecule has 0 aliphatic heterocycles. The maximum Gasteiger partial charge on any atom is 0.335 e. The molecular weight excluding hydrogens is 170 g/mol. The first-order valence-electron chi connectivity index (χ1n) is 3.59. The summed E-state index contributed by atoms with van der Waals surface area (Å²) in [4.78, 5) is 10.6. The number of carboxylic acid groups (broad SMARTS) is 1. The molecule has 5 heteroatoms. The van der Waals surface area contributed by atoms with Crippen LogP contribution < -0.4 is 0 Å². The highest BCUT2D eigenvalue weighted by Gasteiger charge is 2.03. The molecule has 0 fully saturated rings. The SMILES string of the molecule is O=C(O)c1ccc2cnnnc2c1. The molecule has 0 aliphatic rings. The van der Waals surface area contributed by atoms with Gasteiger partial charge in [-0.05, 0) is 17.3 Å². The Hall–Kier alpha value is -2.04. The molecule has 0 radical (unpaired) electrons. The van der Waals surface area contributed by atoms with Crippen LogP contribution in [0.4, 0.5) is 0 Å². The standard InChI is InChI=1S/C8H5N3O2/c12-8(13)5-1-2-6-4-9-11-10-7(6)3-5/h1-4H,(H,12,13). The number of fused-ring (bicyclic) bond motifs is 1. The third-order valence-corrected chi connectivity index (χ3v) is 1.68. The van der Waals surface area contributed by atoms with Crippen LogP contribution in [0.2, 0.25) is 0 Å². The van der Waals surface area contributed by atoms with Crippen LogP contribution in [0.15, 0.2) is 24.4 Å². The van der Waals surface area contributed by atoms with E-state index in [1.165, 1.54) is 18.3 Å². The quantitative estimate of drug-likeness (QED) is 0.691. The van der Waals surface area contributed by atoms with E-state index in [4.69, 9.17) is 5.11 Å². The number of hydrogen-bond acceptors (Lipinski definition) is 4. The molecule has 0 saturated carbocycles. The number of carbonyl (C=O) groups is 1. The lowest BCUT2D eigenvalue weighted by Crippen LogP contribution is -1.96. The molecule has 0 spiro atoms. The van der Waals surface area contributed by atoms with Gasteiger partial charge >= 0.3 is 5.97 Å². The van der Waals surface area contributed by atoms with E-state index in [9.17, 15) is 4.79 Å². The minimum atomic E-state index is -0.972. The van der Waals surface area contributed by atoms with Gasteiger partial charge < -0.3 is 5.11 Å². The van der Waals surface area contributed by atoms with E-state index in [2.05, 4.69) is 15.4 Å². The van der Waals surface area contributed by atoms with E-state index >= 15 is 0 Å². The summed E-state index contributed by atoms with van der Waals surface area (Å²) < 4.78 is 0. The topological polar surface area (TPSA) is 76.0 Å². The molecule has 1 heterocycles.